The number of anilines is 1. The number of aromatic nitrogens is 1. The number of nitrogens with zero attached hydrogens (tertiary/aromatic N) is 3. The molecule has 0 aliphatic carbocycles. The van der Waals surface area contributed by atoms with Crippen LogP contribution >= 0.6 is 0 Å². The van der Waals surface area contributed by atoms with Gasteiger partial charge in [0.05, 0.1) is 14.2 Å². The first-order valence-corrected chi connectivity index (χ1v) is 8.50. The van der Waals surface area contributed by atoms with Crippen LogP contribution in [0, 0.1) is 0 Å². The van der Waals surface area contributed by atoms with E-state index in [2.05, 4.69) is 51.9 Å². The Morgan fingerprint density at radius 2 is 1.71 bits per heavy atom. The molecule has 1 aliphatic heterocycles. The summed E-state index contributed by atoms with van der Waals surface area (Å²) in [6.07, 6.45) is 3.27. The second-order valence-electron chi connectivity index (χ2n) is 6.30. The third-order valence-corrected chi connectivity index (χ3v) is 4.73. The minimum absolute atomic E-state index is 0.842. The van der Waals surface area contributed by atoms with Crippen molar-refractivity contribution in [3.8, 4) is 11.5 Å². The third-order valence-electron chi connectivity index (χ3n) is 4.73. The van der Waals surface area contributed by atoms with Crippen molar-refractivity contribution >= 4 is 5.69 Å². The minimum Gasteiger partial charge on any atom is -0.497 e. The molecule has 24 heavy (non-hydrogen) atoms. The second-order valence-corrected chi connectivity index (χ2v) is 6.30. The monoisotopic (exact) mass is 329 g/mol. The Balaban J connectivity index is 1.68. The molecule has 0 radical (unpaired) electrons. The number of rotatable bonds is 5. The van der Waals surface area contributed by atoms with Crippen LogP contribution in [0.3, 0.4) is 0 Å². The summed E-state index contributed by atoms with van der Waals surface area (Å²) in [5, 5.41) is 0. The van der Waals surface area contributed by atoms with Gasteiger partial charge in [-0.25, -0.2) is 0 Å². The summed E-state index contributed by atoms with van der Waals surface area (Å²) in [7, 11) is 5.51. The Bertz CT molecular complexity index is 646. The molecule has 0 amide bonds. The highest BCUT2D eigenvalue weighted by molar-refractivity contribution is 5.55. The van der Waals surface area contributed by atoms with E-state index in [4.69, 9.17) is 9.47 Å². The maximum Gasteiger partial charge on any atom is 0.124 e. The Morgan fingerprint density at radius 1 is 0.958 bits per heavy atom. The number of aryl methyl sites for hydroxylation is 1. The summed E-state index contributed by atoms with van der Waals surface area (Å²) in [5.41, 5.74) is 2.54. The summed E-state index contributed by atoms with van der Waals surface area (Å²) in [5.74, 6) is 1.68. The summed E-state index contributed by atoms with van der Waals surface area (Å²) >= 11 is 0. The van der Waals surface area contributed by atoms with E-state index in [0.717, 1.165) is 50.6 Å². The first kappa shape index (κ1) is 16.7. The van der Waals surface area contributed by atoms with E-state index in [9.17, 15) is 0 Å². The Morgan fingerprint density at radius 3 is 2.33 bits per heavy atom. The second kappa shape index (κ2) is 7.62. The number of methoxy groups -OCH3 is 2. The average molecular weight is 329 g/mol. The number of hydrogen-bond donors (Lipinski definition) is 0. The van der Waals surface area contributed by atoms with Gasteiger partial charge in [-0.05, 0) is 18.6 Å². The Kier molecular flexibility index (Phi) is 5.30. The highest BCUT2D eigenvalue weighted by atomic mass is 16.5. The molecule has 5 heteroatoms. The molecule has 0 atom stereocenters. The molecule has 1 aliphatic rings. The van der Waals surface area contributed by atoms with Crippen LogP contribution in [0.2, 0.25) is 0 Å². The van der Waals surface area contributed by atoms with Gasteiger partial charge in [-0.2, -0.15) is 0 Å². The van der Waals surface area contributed by atoms with Gasteiger partial charge in [-0.1, -0.05) is 0 Å². The first-order valence-electron chi connectivity index (χ1n) is 8.50. The highest BCUT2D eigenvalue weighted by Gasteiger charge is 2.17. The molecule has 0 bridgehead atoms. The van der Waals surface area contributed by atoms with Crippen LogP contribution in [0.15, 0.2) is 36.5 Å². The number of benzene rings is 1. The van der Waals surface area contributed by atoms with E-state index in [1.165, 1.54) is 11.4 Å². The van der Waals surface area contributed by atoms with Crippen molar-refractivity contribution < 1.29 is 9.47 Å². The lowest BCUT2D eigenvalue weighted by atomic mass is 10.2. The van der Waals surface area contributed by atoms with Crippen molar-refractivity contribution in [2.24, 2.45) is 7.05 Å². The van der Waals surface area contributed by atoms with Gasteiger partial charge in [-0.3, -0.25) is 4.90 Å². The Labute approximate surface area is 144 Å². The number of ether oxygens (including phenoxy) is 2. The van der Waals surface area contributed by atoms with Gasteiger partial charge in [0.2, 0.25) is 0 Å². The van der Waals surface area contributed by atoms with Crippen LogP contribution in [0.25, 0.3) is 0 Å². The van der Waals surface area contributed by atoms with Crippen LogP contribution in [-0.2, 0) is 13.6 Å². The Hall–Kier alpha value is -2.14. The molecular weight excluding hydrogens is 302 g/mol. The smallest absolute Gasteiger partial charge is 0.124 e. The van der Waals surface area contributed by atoms with Gasteiger partial charge >= 0.3 is 0 Å². The van der Waals surface area contributed by atoms with E-state index >= 15 is 0 Å². The van der Waals surface area contributed by atoms with Crippen molar-refractivity contribution in [2.45, 2.75) is 13.0 Å². The SMILES string of the molecule is COc1cc(OC)cc(N2CCCN(Cc3cccn3C)CC2)c1. The predicted molar refractivity (Wildman–Crippen MR) is 97.1 cm³/mol. The lowest BCUT2D eigenvalue weighted by molar-refractivity contribution is 0.279. The molecule has 1 aromatic carbocycles. The molecule has 130 valence electrons. The van der Waals surface area contributed by atoms with Crippen LogP contribution < -0.4 is 14.4 Å². The molecule has 3 rings (SSSR count). The van der Waals surface area contributed by atoms with Crippen molar-refractivity contribution in [1.82, 2.24) is 9.47 Å². The maximum absolute atomic E-state index is 5.40. The molecule has 5 nitrogen and oxygen atoms in total. The van der Waals surface area contributed by atoms with Crippen molar-refractivity contribution in [1.29, 1.82) is 0 Å². The third kappa shape index (κ3) is 3.85. The molecule has 2 heterocycles. The van der Waals surface area contributed by atoms with Crippen LogP contribution in [0.5, 0.6) is 11.5 Å². The van der Waals surface area contributed by atoms with Crippen molar-refractivity contribution in [3.63, 3.8) is 0 Å². The van der Waals surface area contributed by atoms with Gasteiger partial charge in [0.25, 0.3) is 0 Å². The molecule has 0 saturated carbocycles. The van der Waals surface area contributed by atoms with Crippen LogP contribution in [0.4, 0.5) is 5.69 Å². The standard InChI is InChI=1S/C19H27N3O2/c1-20-7-4-6-16(20)15-21-8-5-9-22(11-10-21)17-12-18(23-2)14-19(13-17)24-3/h4,6-7,12-14H,5,8-11,15H2,1-3H3. The average Bonchev–Trinajstić information content (AvgIpc) is 2.86. The summed E-state index contributed by atoms with van der Waals surface area (Å²) in [4.78, 5) is 4.96. The van der Waals surface area contributed by atoms with Gasteiger partial charge in [0.1, 0.15) is 11.5 Å². The molecule has 0 N–H and O–H groups in total. The number of hydrogen-bond acceptors (Lipinski definition) is 4. The van der Waals surface area contributed by atoms with E-state index in [1.807, 2.05) is 6.07 Å². The van der Waals surface area contributed by atoms with Crippen molar-refractivity contribution in [2.75, 3.05) is 45.3 Å². The summed E-state index contributed by atoms with van der Waals surface area (Å²) in [6.45, 7) is 5.27. The van der Waals surface area contributed by atoms with E-state index in [0.29, 0.717) is 0 Å². The first-order chi connectivity index (χ1) is 11.7. The zero-order valence-corrected chi connectivity index (χ0v) is 14.9. The fourth-order valence-electron chi connectivity index (χ4n) is 3.25. The predicted octanol–water partition coefficient (Wildman–Crippen LogP) is 2.75. The fourth-order valence-corrected chi connectivity index (χ4v) is 3.25. The summed E-state index contributed by atoms with van der Waals surface area (Å²) in [6, 6.07) is 10.4. The lowest BCUT2D eigenvalue weighted by Gasteiger charge is -2.24. The quantitative estimate of drug-likeness (QED) is 0.844. The maximum atomic E-state index is 5.40. The lowest BCUT2D eigenvalue weighted by Crippen LogP contribution is -2.30. The van der Waals surface area contributed by atoms with Crippen LogP contribution in [-0.4, -0.2) is 49.9 Å². The van der Waals surface area contributed by atoms with E-state index < -0.39 is 0 Å². The molecule has 0 spiro atoms. The van der Waals surface area contributed by atoms with Gasteiger partial charge in [-0.15, -0.1) is 0 Å². The van der Waals surface area contributed by atoms with E-state index in [1.54, 1.807) is 14.2 Å². The largest absolute Gasteiger partial charge is 0.497 e. The molecule has 1 aromatic heterocycles. The fraction of sp³-hybridized carbons (Fsp3) is 0.474. The highest BCUT2D eigenvalue weighted by Crippen LogP contribution is 2.29. The molecular formula is C19H27N3O2. The van der Waals surface area contributed by atoms with Gasteiger partial charge in [0.15, 0.2) is 0 Å². The molecule has 2 aromatic rings. The topological polar surface area (TPSA) is 29.9 Å². The van der Waals surface area contributed by atoms with E-state index in [-0.39, 0.29) is 0 Å². The zero-order valence-electron chi connectivity index (χ0n) is 14.9. The van der Waals surface area contributed by atoms with Gasteiger partial charge < -0.3 is 18.9 Å². The normalized spacial score (nSPS) is 16.0. The van der Waals surface area contributed by atoms with Crippen molar-refractivity contribution in [3.05, 3.63) is 42.2 Å². The molecule has 1 saturated heterocycles. The van der Waals surface area contributed by atoms with Crippen LogP contribution in [0.1, 0.15) is 12.1 Å². The zero-order chi connectivity index (χ0) is 16.9. The van der Waals surface area contributed by atoms with Gasteiger partial charge in [0, 0.05) is 75.5 Å². The molecule has 1 fully saturated rings. The minimum atomic E-state index is 0.842. The summed E-state index contributed by atoms with van der Waals surface area (Å²) < 4.78 is 13.0. The molecule has 0 unspecified atom stereocenters.